The van der Waals surface area contributed by atoms with E-state index in [1.165, 1.54) is 7.11 Å². The van der Waals surface area contributed by atoms with Gasteiger partial charge < -0.3 is 15.5 Å². The first-order chi connectivity index (χ1) is 7.72. The first-order valence-corrected chi connectivity index (χ1v) is 5.11. The molecular formula is C12H15ClN2O2. The molecule has 5 heteroatoms. The Morgan fingerprint density at radius 3 is 2.94 bits per heavy atom. The van der Waals surface area contributed by atoms with Gasteiger partial charge in [-0.15, -0.1) is 12.4 Å². The number of rotatable bonds is 3. The molecule has 0 amide bonds. The highest BCUT2D eigenvalue weighted by Gasteiger charge is 2.15. The molecule has 0 aliphatic carbocycles. The van der Waals surface area contributed by atoms with Crippen molar-refractivity contribution in [2.24, 2.45) is 5.73 Å². The van der Waals surface area contributed by atoms with E-state index in [0.29, 0.717) is 6.42 Å². The molecule has 92 valence electrons. The van der Waals surface area contributed by atoms with Crippen molar-refractivity contribution in [1.29, 1.82) is 0 Å². The Morgan fingerprint density at radius 1 is 1.47 bits per heavy atom. The first kappa shape index (κ1) is 13.5. The SMILES string of the molecule is COC(=O)C(N)Cc1cccc2[nH]ccc12.Cl. The number of fused-ring (bicyclic) bond motifs is 1. The van der Waals surface area contributed by atoms with Gasteiger partial charge in [0, 0.05) is 17.1 Å². The highest BCUT2D eigenvalue weighted by atomic mass is 35.5. The van der Waals surface area contributed by atoms with Crippen LogP contribution in [0.25, 0.3) is 10.9 Å². The summed E-state index contributed by atoms with van der Waals surface area (Å²) in [6.07, 6.45) is 2.36. The van der Waals surface area contributed by atoms with Crippen LogP contribution in [0.15, 0.2) is 30.5 Å². The van der Waals surface area contributed by atoms with Crippen molar-refractivity contribution < 1.29 is 9.53 Å². The zero-order chi connectivity index (χ0) is 11.5. The number of ether oxygens (including phenoxy) is 1. The molecule has 0 spiro atoms. The van der Waals surface area contributed by atoms with Crippen molar-refractivity contribution in [3.8, 4) is 0 Å². The van der Waals surface area contributed by atoms with E-state index in [1.54, 1.807) is 0 Å². The summed E-state index contributed by atoms with van der Waals surface area (Å²) in [6.45, 7) is 0. The average Bonchev–Trinajstić information content (AvgIpc) is 2.77. The highest BCUT2D eigenvalue weighted by molar-refractivity contribution is 5.85. The Balaban J connectivity index is 0.00000144. The van der Waals surface area contributed by atoms with Crippen LogP contribution in [0.5, 0.6) is 0 Å². The van der Waals surface area contributed by atoms with Crippen LogP contribution in [0.1, 0.15) is 5.56 Å². The second-order valence-electron chi connectivity index (χ2n) is 3.69. The lowest BCUT2D eigenvalue weighted by Gasteiger charge is -2.09. The van der Waals surface area contributed by atoms with Gasteiger partial charge in [-0.1, -0.05) is 12.1 Å². The molecular weight excluding hydrogens is 240 g/mol. The molecule has 0 saturated carbocycles. The van der Waals surface area contributed by atoms with Crippen molar-refractivity contribution in [2.45, 2.75) is 12.5 Å². The van der Waals surface area contributed by atoms with Crippen LogP contribution < -0.4 is 5.73 Å². The molecule has 1 heterocycles. The van der Waals surface area contributed by atoms with Gasteiger partial charge in [0.05, 0.1) is 7.11 Å². The molecule has 4 nitrogen and oxygen atoms in total. The maximum absolute atomic E-state index is 11.2. The van der Waals surface area contributed by atoms with E-state index < -0.39 is 6.04 Å². The highest BCUT2D eigenvalue weighted by Crippen LogP contribution is 2.18. The Kier molecular flexibility index (Phi) is 4.54. The first-order valence-electron chi connectivity index (χ1n) is 5.11. The van der Waals surface area contributed by atoms with E-state index in [1.807, 2.05) is 30.5 Å². The van der Waals surface area contributed by atoms with E-state index in [0.717, 1.165) is 16.5 Å². The number of hydrogen-bond acceptors (Lipinski definition) is 3. The topological polar surface area (TPSA) is 68.1 Å². The van der Waals surface area contributed by atoms with Gasteiger partial charge in [0.1, 0.15) is 6.04 Å². The summed E-state index contributed by atoms with van der Waals surface area (Å²) in [7, 11) is 1.35. The second kappa shape index (κ2) is 5.70. The number of halogens is 1. The molecule has 3 N–H and O–H groups in total. The number of hydrogen-bond donors (Lipinski definition) is 2. The number of nitrogens with one attached hydrogen (secondary N) is 1. The average molecular weight is 255 g/mol. The number of H-pyrrole nitrogens is 1. The molecule has 0 bridgehead atoms. The molecule has 0 aliphatic rings. The van der Waals surface area contributed by atoms with Gasteiger partial charge in [-0.3, -0.25) is 4.79 Å². The van der Waals surface area contributed by atoms with E-state index in [4.69, 9.17) is 5.73 Å². The van der Waals surface area contributed by atoms with Crippen LogP contribution in [0, 0.1) is 0 Å². The van der Waals surface area contributed by atoms with E-state index in [2.05, 4.69) is 9.72 Å². The fourth-order valence-electron chi connectivity index (χ4n) is 1.80. The minimum atomic E-state index is -0.606. The van der Waals surface area contributed by atoms with Gasteiger partial charge in [-0.2, -0.15) is 0 Å². The Morgan fingerprint density at radius 2 is 2.24 bits per heavy atom. The summed E-state index contributed by atoms with van der Waals surface area (Å²) in [4.78, 5) is 14.4. The van der Waals surface area contributed by atoms with Crippen molar-refractivity contribution in [1.82, 2.24) is 4.98 Å². The minimum absolute atomic E-state index is 0. The third kappa shape index (κ3) is 2.78. The Hall–Kier alpha value is -1.52. The van der Waals surface area contributed by atoms with Crippen molar-refractivity contribution >= 4 is 29.3 Å². The smallest absolute Gasteiger partial charge is 0.322 e. The molecule has 0 radical (unpaired) electrons. The van der Waals surface area contributed by atoms with Crippen molar-refractivity contribution in [3.63, 3.8) is 0 Å². The monoisotopic (exact) mass is 254 g/mol. The molecule has 2 rings (SSSR count). The standard InChI is InChI=1S/C12H14N2O2.ClH/c1-16-12(15)10(13)7-8-3-2-4-11-9(8)5-6-14-11;/h2-6,10,14H,7,13H2,1H3;1H. The number of aromatic nitrogens is 1. The summed E-state index contributed by atoms with van der Waals surface area (Å²) in [5.41, 5.74) is 7.84. The van der Waals surface area contributed by atoms with Crippen LogP contribution in [0.4, 0.5) is 0 Å². The van der Waals surface area contributed by atoms with E-state index >= 15 is 0 Å². The number of benzene rings is 1. The molecule has 1 aromatic heterocycles. The normalized spacial score (nSPS) is 11.9. The fraction of sp³-hybridized carbons (Fsp3) is 0.250. The maximum Gasteiger partial charge on any atom is 0.322 e. The number of carbonyl (C=O) groups excluding carboxylic acids is 1. The lowest BCUT2D eigenvalue weighted by Crippen LogP contribution is -2.33. The molecule has 17 heavy (non-hydrogen) atoms. The van der Waals surface area contributed by atoms with Gasteiger partial charge >= 0.3 is 5.97 Å². The molecule has 0 saturated heterocycles. The largest absolute Gasteiger partial charge is 0.468 e. The number of methoxy groups -OCH3 is 1. The van der Waals surface area contributed by atoms with Crippen molar-refractivity contribution in [3.05, 3.63) is 36.0 Å². The van der Waals surface area contributed by atoms with E-state index in [-0.39, 0.29) is 18.4 Å². The lowest BCUT2D eigenvalue weighted by molar-refractivity contribution is -0.142. The third-order valence-electron chi connectivity index (χ3n) is 2.63. The summed E-state index contributed by atoms with van der Waals surface area (Å²) in [5.74, 6) is -0.382. The number of aromatic amines is 1. The zero-order valence-electron chi connectivity index (χ0n) is 9.47. The summed E-state index contributed by atoms with van der Waals surface area (Å²) < 4.78 is 4.61. The van der Waals surface area contributed by atoms with Gasteiger partial charge in [0.15, 0.2) is 0 Å². The van der Waals surface area contributed by atoms with Gasteiger partial charge in [-0.05, 0) is 24.1 Å². The Bertz CT molecular complexity index is 510. The van der Waals surface area contributed by atoms with Gasteiger partial charge in [0.2, 0.25) is 0 Å². The maximum atomic E-state index is 11.2. The van der Waals surface area contributed by atoms with Crippen LogP contribution in [-0.2, 0) is 16.0 Å². The van der Waals surface area contributed by atoms with Gasteiger partial charge in [0.25, 0.3) is 0 Å². The quantitative estimate of drug-likeness (QED) is 0.818. The number of carbonyl (C=O) groups is 1. The molecule has 1 unspecified atom stereocenters. The van der Waals surface area contributed by atoms with Crippen LogP contribution >= 0.6 is 12.4 Å². The fourth-order valence-corrected chi connectivity index (χ4v) is 1.80. The zero-order valence-corrected chi connectivity index (χ0v) is 10.3. The molecule has 1 atom stereocenters. The van der Waals surface area contributed by atoms with Crippen LogP contribution in [0.2, 0.25) is 0 Å². The molecule has 0 fully saturated rings. The second-order valence-corrected chi connectivity index (χ2v) is 3.69. The van der Waals surface area contributed by atoms with Crippen LogP contribution in [-0.4, -0.2) is 24.1 Å². The number of nitrogens with two attached hydrogens (primary N) is 1. The predicted octanol–water partition coefficient (Wildman–Crippen LogP) is 1.63. The summed E-state index contributed by atoms with van der Waals surface area (Å²) in [6, 6.07) is 7.28. The summed E-state index contributed by atoms with van der Waals surface area (Å²) >= 11 is 0. The number of esters is 1. The van der Waals surface area contributed by atoms with Crippen LogP contribution in [0.3, 0.4) is 0 Å². The molecule has 2 aromatic rings. The van der Waals surface area contributed by atoms with E-state index in [9.17, 15) is 4.79 Å². The lowest BCUT2D eigenvalue weighted by atomic mass is 10.0. The molecule has 0 aliphatic heterocycles. The van der Waals surface area contributed by atoms with Gasteiger partial charge in [-0.25, -0.2) is 0 Å². The Labute approximate surface area is 106 Å². The minimum Gasteiger partial charge on any atom is -0.468 e. The predicted molar refractivity (Wildman–Crippen MR) is 69.2 cm³/mol. The third-order valence-corrected chi connectivity index (χ3v) is 2.63. The van der Waals surface area contributed by atoms with Crippen molar-refractivity contribution in [2.75, 3.05) is 7.11 Å². The summed E-state index contributed by atoms with van der Waals surface area (Å²) in [5, 5.41) is 1.10. The molecule has 1 aromatic carbocycles.